The van der Waals surface area contributed by atoms with Gasteiger partial charge < -0.3 is 20.7 Å². The van der Waals surface area contributed by atoms with Gasteiger partial charge in [-0.3, -0.25) is 0 Å². The number of halogens is 1. The molecule has 3 N–H and O–H groups in total. The summed E-state index contributed by atoms with van der Waals surface area (Å²) in [5, 5.41) is 4.46. The van der Waals surface area contributed by atoms with Crippen molar-refractivity contribution in [3.8, 4) is 11.3 Å². The molecule has 0 radical (unpaired) electrons. The van der Waals surface area contributed by atoms with Gasteiger partial charge in [0.25, 0.3) is 10.0 Å². The number of nitrogens with one attached hydrogen (secondary N) is 1. The molecule has 1 aliphatic rings. The Morgan fingerprint density at radius 3 is 2.48 bits per heavy atom. The number of ether oxygens (including phenoxy) is 1. The summed E-state index contributed by atoms with van der Waals surface area (Å²) < 4.78 is 34.5. The molecule has 48 heavy (non-hydrogen) atoms. The highest BCUT2D eigenvalue weighted by molar-refractivity contribution is 7.90. The molecule has 0 aliphatic heterocycles. The van der Waals surface area contributed by atoms with Crippen LogP contribution in [0.3, 0.4) is 0 Å². The Morgan fingerprint density at radius 2 is 1.75 bits per heavy atom. The second-order valence-electron chi connectivity index (χ2n) is 13.1. The van der Waals surface area contributed by atoms with E-state index in [4.69, 9.17) is 27.1 Å². The quantitative estimate of drug-likeness (QED) is 0.159. The van der Waals surface area contributed by atoms with E-state index in [1.165, 1.54) is 10.2 Å². The topological polar surface area (TPSA) is 132 Å². The Morgan fingerprint density at radius 1 is 1.04 bits per heavy atom. The molecule has 3 aromatic carbocycles. The number of rotatable bonds is 8. The highest BCUT2D eigenvalue weighted by atomic mass is 35.5. The number of nitrogen functional groups attached to an aromatic ring is 1. The van der Waals surface area contributed by atoms with Gasteiger partial charge in [-0.2, -0.15) is 0 Å². The number of hydrogen-bond acceptors (Lipinski definition) is 8. The number of nitrogens with two attached hydrogens (primary N) is 1. The molecule has 1 aliphatic carbocycles. The summed E-state index contributed by atoms with van der Waals surface area (Å²) in [6, 6.07) is 23.0. The van der Waals surface area contributed by atoms with Crippen molar-refractivity contribution >= 4 is 50.3 Å². The highest BCUT2D eigenvalue weighted by Gasteiger charge is 2.33. The van der Waals surface area contributed by atoms with Crippen LogP contribution in [-0.2, 0) is 21.3 Å². The summed E-state index contributed by atoms with van der Waals surface area (Å²) >= 11 is 6.68. The van der Waals surface area contributed by atoms with Crippen LogP contribution in [0.4, 0.5) is 16.4 Å². The number of nitrogens with zero attached hydrogens (tertiary/aromatic N) is 4. The maximum Gasteiger partial charge on any atom is 0.410 e. The Hall–Kier alpha value is -4.61. The third kappa shape index (κ3) is 7.27. The molecule has 12 heteroatoms. The molecule has 0 spiro atoms. The average Bonchev–Trinajstić information content (AvgIpc) is 3.45. The number of aromatic nitrogens is 3. The van der Waals surface area contributed by atoms with E-state index in [0.29, 0.717) is 51.8 Å². The molecule has 1 fully saturated rings. The molecular formula is C36H39ClN6O4S. The van der Waals surface area contributed by atoms with E-state index in [-0.39, 0.29) is 23.1 Å². The predicted octanol–water partition coefficient (Wildman–Crippen LogP) is 7.73. The number of para-hydroxylation sites is 1. The third-order valence-corrected chi connectivity index (χ3v) is 10.3. The normalized spacial score (nSPS) is 16.8. The molecule has 1 amide bonds. The van der Waals surface area contributed by atoms with Crippen molar-refractivity contribution in [2.75, 3.05) is 11.1 Å². The van der Waals surface area contributed by atoms with E-state index in [1.807, 2.05) is 57.2 Å². The molecule has 1 saturated carbocycles. The van der Waals surface area contributed by atoms with Gasteiger partial charge in [0.2, 0.25) is 5.95 Å². The summed E-state index contributed by atoms with van der Waals surface area (Å²) in [6.45, 7) is 5.98. The van der Waals surface area contributed by atoms with Crippen LogP contribution in [0.25, 0.3) is 22.2 Å². The number of carbonyl (C=O) groups is 1. The van der Waals surface area contributed by atoms with Crippen LogP contribution in [0.2, 0.25) is 5.02 Å². The molecule has 5 aromatic rings. The fourth-order valence-corrected chi connectivity index (χ4v) is 7.70. The first kappa shape index (κ1) is 33.3. The van der Waals surface area contributed by atoms with E-state index in [9.17, 15) is 13.2 Å². The lowest BCUT2D eigenvalue weighted by Crippen LogP contribution is -2.46. The third-order valence-electron chi connectivity index (χ3n) is 8.36. The lowest BCUT2D eigenvalue weighted by atomic mass is 9.90. The van der Waals surface area contributed by atoms with Crippen molar-refractivity contribution in [3.63, 3.8) is 0 Å². The zero-order valence-corrected chi connectivity index (χ0v) is 28.7. The van der Waals surface area contributed by atoms with Crippen molar-refractivity contribution < 1.29 is 17.9 Å². The average molecular weight is 687 g/mol. The van der Waals surface area contributed by atoms with Crippen LogP contribution in [0.15, 0.2) is 96.2 Å². The Balaban J connectivity index is 1.28. The van der Waals surface area contributed by atoms with E-state index in [2.05, 4.69) is 10.3 Å². The van der Waals surface area contributed by atoms with E-state index < -0.39 is 15.6 Å². The minimum atomic E-state index is -3.89. The minimum absolute atomic E-state index is 0.0334. The van der Waals surface area contributed by atoms with Crippen molar-refractivity contribution in [2.45, 2.75) is 75.6 Å². The maximum atomic E-state index is 13.7. The summed E-state index contributed by atoms with van der Waals surface area (Å²) in [7, 11) is -3.89. The molecule has 250 valence electrons. The molecule has 0 saturated heterocycles. The Bertz CT molecular complexity index is 2030. The fourth-order valence-electron chi connectivity index (χ4n) is 6.11. The number of anilines is 2. The number of fused-ring (bicyclic) bond motifs is 1. The minimum Gasteiger partial charge on any atom is -0.444 e. The van der Waals surface area contributed by atoms with Crippen LogP contribution in [-0.4, -0.2) is 51.0 Å². The fraction of sp³-hybridized carbons (Fsp3) is 0.306. The molecule has 6 rings (SSSR count). The van der Waals surface area contributed by atoms with Crippen molar-refractivity contribution in [2.24, 2.45) is 0 Å². The smallest absolute Gasteiger partial charge is 0.410 e. The van der Waals surface area contributed by atoms with Crippen LogP contribution in [0.1, 0.15) is 52.0 Å². The van der Waals surface area contributed by atoms with Gasteiger partial charge in [-0.15, -0.1) is 0 Å². The summed E-state index contributed by atoms with van der Waals surface area (Å²) in [5.41, 5.74) is 8.39. The largest absolute Gasteiger partial charge is 0.444 e. The van der Waals surface area contributed by atoms with Gasteiger partial charge in [0.05, 0.1) is 27.3 Å². The number of benzene rings is 3. The lowest BCUT2D eigenvalue weighted by Gasteiger charge is -2.38. The Kier molecular flexibility index (Phi) is 9.35. The van der Waals surface area contributed by atoms with Gasteiger partial charge in [0.15, 0.2) is 0 Å². The number of hydrogen-bond donors (Lipinski definition) is 2. The molecule has 0 unspecified atom stereocenters. The van der Waals surface area contributed by atoms with Crippen molar-refractivity contribution in [3.05, 3.63) is 102 Å². The van der Waals surface area contributed by atoms with Crippen LogP contribution in [0.5, 0.6) is 0 Å². The van der Waals surface area contributed by atoms with E-state index in [0.717, 1.165) is 24.8 Å². The molecule has 2 aromatic heterocycles. The van der Waals surface area contributed by atoms with Crippen molar-refractivity contribution in [1.82, 2.24) is 18.8 Å². The van der Waals surface area contributed by atoms with Crippen molar-refractivity contribution in [1.29, 1.82) is 0 Å². The first-order chi connectivity index (χ1) is 22.9. The first-order valence-corrected chi connectivity index (χ1v) is 17.7. The van der Waals surface area contributed by atoms with Gasteiger partial charge in [-0.25, -0.2) is 27.2 Å². The van der Waals surface area contributed by atoms with Crippen LogP contribution >= 0.6 is 11.6 Å². The highest BCUT2D eigenvalue weighted by Crippen LogP contribution is 2.36. The second-order valence-corrected chi connectivity index (χ2v) is 15.3. The van der Waals surface area contributed by atoms with Gasteiger partial charge in [0.1, 0.15) is 5.60 Å². The molecule has 2 heterocycles. The SMILES string of the molecule is CC(C)(C)OC(=O)N(Cc1ccc(N)cc1)[C@H]1CCC[C@@H](Nc2ncc(Cl)c(-c3cn(S(=O)(=O)c4ccccc4)c4ccccc34)n2)C1. The lowest BCUT2D eigenvalue weighted by molar-refractivity contribution is 0.00938. The van der Waals surface area contributed by atoms with Gasteiger partial charge in [0, 0.05) is 41.5 Å². The first-order valence-electron chi connectivity index (χ1n) is 15.9. The van der Waals surface area contributed by atoms with Crippen LogP contribution < -0.4 is 11.1 Å². The van der Waals surface area contributed by atoms with Crippen LogP contribution in [0, 0.1) is 0 Å². The summed E-state index contributed by atoms with van der Waals surface area (Å²) in [5.74, 6) is 0.366. The number of carbonyl (C=O) groups excluding carboxylic acids is 1. The summed E-state index contributed by atoms with van der Waals surface area (Å²) in [6.07, 6.45) is 5.96. The van der Waals surface area contributed by atoms with Gasteiger partial charge in [-0.1, -0.05) is 60.1 Å². The maximum absolute atomic E-state index is 13.7. The molecular weight excluding hydrogens is 648 g/mol. The summed E-state index contributed by atoms with van der Waals surface area (Å²) in [4.78, 5) is 24.7. The molecule has 0 bridgehead atoms. The zero-order chi connectivity index (χ0) is 34.1. The molecule has 2 atom stereocenters. The predicted molar refractivity (Wildman–Crippen MR) is 189 cm³/mol. The van der Waals surface area contributed by atoms with Gasteiger partial charge >= 0.3 is 6.09 Å². The van der Waals surface area contributed by atoms with E-state index >= 15 is 0 Å². The molecule has 10 nitrogen and oxygen atoms in total. The zero-order valence-electron chi connectivity index (χ0n) is 27.1. The standard InChI is InChI=1S/C36H39ClN6O4S/c1-36(2,3)47-35(44)42(22-24-16-18-25(38)19-17-24)27-11-9-10-26(20-27)40-34-39-21-31(37)33(41-34)30-23-43(32-15-8-7-14-29(30)32)48(45,46)28-12-5-4-6-13-28/h4-8,12-19,21,23,26-27H,9-11,20,22,38H2,1-3H3,(H,39,40,41)/t26-,27+/m1/s1. The second kappa shape index (κ2) is 13.5. The number of amides is 1. The Labute approximate surface area is 286 Å². The monoisotopic (exact) mass is 686 g/mol. The van der Waals surface area contributed by atoms with E-state index in [1.54, 1.807) is 53.6 Å². The van der Waals surface area contributed by atoms with Gasteiger partial charge in [-0.05, 0) is 82.3 Å².